The molecule has 4 nitrogen and oxygen atoms in total. The maximum atomic E-state index is 11.0. The molecule has 0 amide bonds. The largest absolute Gasteiger partial charge is 0.508 e. The van der Waals surface area contributed by atoms with Crippen LogP contribution in [0, 0.1) is 0 Å². The number of phenols is 1. The highest BCUT2D eigenvalue weighted by Gasteiger charge is 2.11. The Morgan fingerprint density at radius 1 is 1.44 bits per heavy atom. The lowest BCUT2D eigenvalue weighted by molar-refractivity contribution is 0.210. The van der Waals surface area contributed by atoms with Crippen molar-refractivity contribution in [3.05, 3.63) is 52.4 Å². The summed E-state index contributed by atoms with van der Waals surface area (Å²) in [6.45, 7) is 5.39. The van der Waals surface area contributed by atoms with E-state index in [4.69, 9.17) is 4.42 Å². The number of phenolic OH excluding ortho intramolecular Hbond substituents is 1. The van der Waals surface area contributed by atoms with Gasteiger partial charge in [0, 0.05) is 23.9 Å². The van der Waals surface area contributed by atoms with E-state index in [-0.39, 0.29) is 12.2 Å². The van der Waals surface area contributed by atoms with Crippen LogP contribution in [0.3, 0.4) is 0 Å². The van der Waals surface area contributed by atoms with Crippen LogP contribution in [0.2, 0.25) is 0 Å². The normalized spacial score (nSPS) is 12.6. The Morgan fingerprint density at radius 2 is 2.17 bits per heavy atom. The summed E-state index contributed by atoms with van der Waals surface area (Å²) >= 11 is 0. The molecule has 1 aromatic heterocycles. The summed E-state index contributed by atoms with van der Waals surface area (Å²) < 4.78 is 4.95. The van der Waals surface area contributed by atoms with Gasteiger partial charge in [0.1, 0.15) is 11.3 Å². The van der Waals surface area contributed by atoms with E-state index in [0.717, 1.165) is 0 Å². The standard InChI is InChI=1S/C14H14O4/c1-8(2)11(15)6-10-5-9-3-4-14(17)18-13(9)7-12(10)16/h3-5,7,11,15-16H,1,6H2,2H3/t11-/m1/s1. The van der Waals surface area contributed by atoms with Crippen LogP contribution >= 0.6 is 0 Å². The minimum atomic E-state index is -0.705. The van der Waals surface area contributed by atoms with E-state index < -0.39 is 11.7 Å². The number of hydrogen-bond acceptors (Lipinski definition) is 4. The lowest BCUT2D eigenvalue weighted by Gasteiger charge is -2.12. The number of fused-ring (bicyclic) bond motifs is 1. The van der Waals surface area contributed by atoms with Gasteiger partial charge in [-0.25, -0.2) is 4.79 Å². The highest BCUT2D eigenvalue weighted by Crippen LogP contribution is 2.26. The molecule has 0 spiro atoms. The fraction of sp³-hybridized carbons (Fsp3) is 0.214. The molecule has 1 atom stereocenters. The molecule has 0 aliphatic heterocycles. The lowest BCUT2D eigenvalue weighted by Crippen LogP contribution is -2.11. The van der Waals surface area contributed by atoms with Gasteiger partial charge < -0.3 is 14.6 Å². The van der Waals surface area contributed by atoms with Gasteiger partial charge in [0.25, 0.3) is 0 Å². The molecule has 2 aromatic rings. The zero-order valence-corrected chi connectivity index (χ0v) is 10.0. The first kappa shape index (κ1) is 12.4. The second-order valence-corrected chi connectivity index (χ2v) is 4.34. The molecule has 0 saturated heterocycles. The van der Waals surface area contributed by atoms with Crippen LogP contribution in [-0.2, 0) is 6.42 Å². The fourth-order valence-electron chi connectivity index (χ4n) is 1.70. The SMILES string of the molecule is C=C(C)[C@H](O)Cc1cc2ccc(=O)oc2cc1O. The third kappa shape index (κ3) is 2.43. The van der Waals surface area contributed by atoms with Gasteiger partial charge in [-0.1, -0.05) is 12.2 Å². The average molecular weight is 246 g/mol. The van der Waals surface area contributed by atoms with Crippen molar-refractivity contribution in [2.75, 3.05) is 0 Å². The molecule has 0 fully saturated rings. The summed E-state index contributed by atoms with van der Waals surface area (Å²) in [7, 11) is 0. The topological polar surface area (TPSA) is 70.7 Å². The quantitative estimate of drug-likeness (QED) is 0.641. The molecule has 0 bridgehead atoms. The van der Waals surface area contributed by atoms with Gasteiger partial charge in [0.05, 0.1) is 6.10 Å². The minimum Gasteiger partial charge on any atom is -0.508 e. The molecule has 0 saturated carbocycles. The summed E-state index contributed by atoms with van der Waals surface area (Å²) in [5, 5.41) is 20.3. The van der Waals surface area contributed by atoms with Gasteiger partial charge in [0.2, 0.25) is 0 Å². The van der Waals surface area contributed by atoms with Crippen molar-refractivity contribution in [3.8, 4) is 5.75 Å². The van der Waals surface area contributed by atoms with Crippen molar-refractivity contribution >= 4 is 11.0 Å². The summed E-state index contributed by atoms with van der Waals surface area (Å²) in [6.07, 6.45) is -0.431. The van der Waals surface area contributed by atoms with E-state index in [1.54, 1.807) is 19.1 Å². The van der Waals surface area contributed by atoms with Gasteiger partial charge in [0.15, 0.2) is 0 Å². The van der Waals surface area contributed by atoms with Gasteiger partial charge in [-0.15, -0.1) is 0 Å². The summed E-state index contributed by atoms with van der Waals surface area (Å²) in [5.74, 6) is -0.00264. The first-order valence-electron chi connectivity index (χ1n) is 5.56. The second kappa shape index (κ2) is 4.66. The third-order valence-corrected chi connectivity index (χ3v) is 2.80. The first-order chi connectivity index (χ1) is 8.47. The maximum absolute atomic E-state index is 11.0. The predicted octanol–water partition coefficient (Wildman–Crippen LogP) is 1.98. The summed E-state index contributed by atoms with van der Waals surface area (Å²) in [5.41, 5.74) is 1.09. The van der Waals surface area contributed by atoms with Crippen LogP contribution in [0.25, 0.3) is 11.0 Å². The van der Waals surface area contributed by atoms with Crippen molar-refractivity contribution in [2.24, 2.45) is 0 Å². The smallest absolute Gasteiger partial charge is 0.336 e. The summed E-state index contributed by atoms with van der Waals surface area (Å²) in [4.78, 5) is 11.0. The molecule has 18 heavy (non-hydrogen) atoms. The maximum Gasteiger partial charge on any atom is 0.336 e. The number of hydrogen-bond donors (Lipinski definition) is 2. The van der Waals surface area contributed by atoms with Crippen molar-refractivity contribution in [3.63, 3.8) is 0 Å². The zero-order valence-electron chi connectivity index (χ0n) is 10.0. The average Bonchev–Trinajstić information content (AvgIpc) is 2.30. The Balaban J connectivity index is 2.46. The molecule has 1 aromatic carbocycles. The van der Waals surface area contributed by atoms with Crippen molar-refractivity contribution in [1.29, 1.82) is 0 Å². The van der Waals surface area contributed by atoms with Crippen LogP contribution in [-0.4, -0.2) is 16.3 Å². The summed E-state index contributed by atoms with van der Waals surface area (Å²) in [6, 6.07) is 6.02. The number of aliphatic hydroxyl groups is 1. The van der Waals surface area contributed by atoms with Gasteiger partial charge in [-0.2, -0.15) is 0 Å². The monoisotopic (exact) mass is 246 g/mol. The second-order valence-electron chi connectivity index (χ2n) is 4.34. The molecule has 4 heteroatoms. The van der Waals surface area contributed by atoms with E-state index in [0.29, 0.717) is 22.1 Å². The molecule has 1 heterocycles. The molecule has 0 radical (unpaired) electrons. The third-order valence-electron chi connectivity index (χ3n) is 2.80. The number of aliphatic hydroxyl groups excluding tert-OH is 1. The van der Waals surface area contributed by atoms with Crippen LogP contribution in [0.4, 0.5) is 0 Å². The van der Waals surface area contributed by atoms with Crippen LogP contribution < -0.4 is 5.63 Å². The minimum absolute atomic E-state index is 0.00264. The molecular weight excluding hydrogens is 232 g/mol. The zero-order chi connectivity index (χ0) is 13.3. The van der Waals surface area contributed by atoms with Crippen molar-refractivity contribution in [2.45, 2.75) is 19.4 Å². The molecule has 0 aliphatic rings. The number of aromatic hydroxyl groups is 1. The molecule has 94 valence electrons. The molecule has 0 aliphatic carbocycles. The van der Waals surface area contributed by atoms with Crippen LogP contribution in [0.15, 0.2) is 45.6 Å². The van der Waals surface area contributed by atoms with Crippen molar-refractivity contribution < 1.29 is 14.6 Å². The van der Waals surface area contributed by atoms with E-state index in [2.05, 4.69) is 6.58 Å². The van der Waals surface area contributed by atoms with E-state index in [1.807, 2.05) is 0 Å². The lowest BCUT2D eigenvalue weighted by atomic mass is 10.0. The fourth-order valence-corrected chi connectivity index (χ4v) is 1.70. The Bertz CT molecular complexity index is 654. The molecule has 0 unspecified atom stereocenters. The van der Waals surface area contributed by atoms with Gasteiger partial charge in [-0.05, 0) is 24.6 Å². The first-order valence-corrected chi connectivity index (χ1v) is 5.56. The van der Waals surface area contributed by atoms with Crippen LogP contribution in [0.1, 0.15) is 12.5 Å². The van der Waals surface area contributed by atoms with Crippen molar-refractivity contribution in [1.82, 2.24) is 0 Å². The van der Waals surface area contributed by atoms with E-state index >= 15 is 0 Å². The van der Waals surface area contributed by atoms with E-state index in [9.17, 15) is 15.0 Å². The van der Waals surface area contributed by atoms with Gasteiger partial charge in [-0.3, -0.25) is 0 Å². The predicted molar refractivity (Wildman–Crippen MR) is 68.7 cm³/mol. The van der Waals surface area contributed by atoms with Gasteiger partial charge >= 0.3 is 5.63 Å². The number of rotatable bonds is 3. The Kier molecular flexibility index (Phi) is 3.21. The Hall–Kier alpha value is -2.07. The Labute approximate surface area is 104 Å². The molecule has 2 N–H and O–H groups in total. The molecule has 2 rings (SSSR count). The highest BCUT2D eigenvalue weighted by atomic mass is 16.4. The molecular formula is C14H14O4. The van der Waals surface area contributed by atoms with Crippen LogP contribution in [0.5, 0.6) is 5.75 Å². The Morgan fingerprint density at radius 3 is 2.83 bits per heavy atom. The highest BCUT2D eigenvalue weighted by molar-refractivity contribution is 5.79. The van der Waals surface area contributed by atoms with E-state index in [1.165, 1.54) is 12.1 Å². The number of benzene rings is 1.